The summed E-state index contributed by atoms with van der Waals surface area (Å²) >= 11 is 0. The molecule has 0 bridgehead atoms. The average molecular weight is 407 g/mol. The second kappa shape index (κ2) is 7.82. The number of benzene rings is 2. The van der Waals surface area contributed by atoms with E-state index in [-0.39, 0.29) is 6.10 Å². The van der Waals surface area contributed by atoms with Crippen LogP contribution < -0.4 is 14.8 Å². The molecule has 2 aliphatic rings. The lowest BCUT2D eigenvalue weighted by molar-refractivity contribution is -0.131. The van der Waals surface area contributed by atoms with Crippen molar-refractivity contribution < 1.29 is 19.1 Å². The van der Waals surface area contributed by atoms with Crippen molar-refractivity contribution in [3.63, 3.8) is 0 Å². The summed E-state index contributed by atoms with van der Waals surface area (Å²) < 4.78 is 11.6. The SMILES string of the molecule is CCOc1cc2c(cc1/C=N\N1C(=O)N[C@@](CC)(c3ccccc3)C1=O)O[C@@H](C)C2. The average Bonchev–Trinajstić information content (AvgIpc) is 3.23. The third kappa shape index (κ3) is 3.30. The molecule has 2 atom stereocenters. The third-order valence-electron chi connectivity index (χ3n) is 5.51. The van der Waals surface area contributed by atoms with Gasteiger partial charge in [-0.2, -0.15) is 5.10 Å². The molecule has 1 fully saturated rings. The predicted octanol–water partition coefficient (Wildman–Crippen LogP) is 3.60. The minimum Gasteiger partial charge on any atom is -0.493 e. The van der Waals surface area contributed by atoms with E-state index in [1.165, 1.54) is 6.21 Å². The molecule has 1 N–H and O–H groups in total. The lowest BCUT2D eigenvalue weighted by Crippen LogP contribution is -2.43. The number of hydrogen-bond acceptors (Lipinski definition) is 5. The Hall–Kier alpha value is -3.35. The van der Waals surface area contributed by atoms with E-state index in [1.54, 1.807) is 0 Å². The van der Waals surface area contributed by atoms with E-state index in [4.69, 9.17) is 9.47 Å². The van der Waals surface area contributed by atoms with E-state index >= 15 is 0 Å². The molecular formula is C23H25N3O4. The monoisotopic (exact) mass is 407 g/mol. The van der Waals surface area contributed by atoms with Gasteiger partial charge in [0.1, 0.15) is 23.1 Å². The Labute approximate surface area is 175 Å². The maximum absolute atomic E-state index is 13.2. The quantitative estimate of drug-likeness (QED) is 0.586. The van der Waals surface area contributed by atoms with E-state index in [2.05, 4.69) is 10.4 Å². The van der Waals surface area contributed by atoms with Crippen molar-refractivity contribution >= 4 is 18.2 Å². The van der Waals surface area contributed by atoms with Gasteiger partial charge in [-0.15, -0.1) is 5.01 Å². The number of rotatable bonds is 6. The highest BCUT2D eigenvalue weighted by molar-refractivity contribution is 6.08. The van der Waals surface area contributed by atoms with Gasteiger partial charge in [-0.25, -0.2) is 4.79 Å². The summed E-state index contributed by atoms with van der Waals surface area (Å²) in [6.45, 7) is 6.27. The molecule has 7 nitrogen and oxygen atoms in total. The first kappa shape index (κ1) is 19.9. The number of hydrogen-bond donors (Lipinski definition) is 1. The van der Waals surface area contributed by atoms with Gasteiger partial charge in [0.2, 0.25) is 0 Å². The molecule has 0 saturated carbocycles. The van der Waals surface area contributed by atoms with Crippen molar-refractivity contribution in [3.05, 3.63) is 59.2 Å². The number of carbonyl (C=O) groups excluding carboxylic acids is 2. The van der Waals surface area contributed by atoms with Crippen LogP contribution in [-0.4, -0.2) is 35.9 Å². The molecule has 0 radical (unpaired) electrons. The van der Waals surface area contributed by atoms with Crippen molar-refractivity contribution in [2.75, 3.05) is 6.61 Å². The van der Waals surface area contributed by atoms with Crippen LogP contribution in [0.25, 0.3) is 0 Å². The Morgan fingerprint density at radius 3 is 2.73 bits per heavy atom. The highest BCUT2D eigenvalue weighted by atomic mass is 16.5. The van der Waals surface area contributed by atoms with Gasteiger partial charge in [0, 0.05) is 17.5 Å². The van der Waals surface area contributed by atoms with Crippen LogP contribution in [0.2, 0.25) is 0 Å². The fourth-order valence-corrected chi connectivity index (χ4v) is 3.99. The largest absolute Gasteiger partial charge is 0.493 e. The van der Waals surface area contributed by atoms with Gasteiger partial charge in [0.05, 0.1) is 12.8 Å². The van der Waals surface area contributed by atoms with Gasteiger partial charge in [0.25, 0.3) is 5.91 Å². The molecule has 4 rings (SSSR count). The fourth-order valence-electron chi connectivity index (χ4n) is 3.99. The Kier molecular flexibility index (Phi) is 5.20. The predicted molar refractivity (Wildman–Crippen MR) is 113 cm³/mol. The Bertz CT molecular complexity index is 1010. The minimum atomic E-state index is -1.12. The van der Waals surface area contributed by atoms with Gasteiger partial charge in [-0.1, -0.05) is 37.3 Å². The van der Waals surface area contributed by atoms with Crippen molar-refractivity contribution in [2.45, 2.75) is 45.3 Å². The first-order valence-electron chi connectivity index (χ1n) is 10.2. The molecule has 0 unspecified atom stereocenters. The molecule has 0 spiro atoms. The minimum absolute atomic E-state index is 0.101. The van der Waals surface area contributed by atoms with Gasteiger partial charge in [-0.3, -0.25) is 4.79 Å². The highest BCUT2D eigenvalue weighted by Gasteiger charge is 2.51. The summed E-state index contributed by atoms with van der Waals surface area (Å²) in [5.74, 6) is 1.02. The zero-order chi connectivity index (χ0) is 21.3. The molecule has 156 valence electrons. The van der Waals surface area contributed by atoms with Crippen LogP contribution in [0.3, 0.4) is 0 Å². The van der Waals surface area contributed by atoms with Crippen LogP contribution in [0.5, 0.6) is 11.5 Å². The van der Waals surface area contributed by atoms with Crippen LogP contribution in [0, 0.1) is 0 Å². The normalized spacial score (nSPS) is 22.9. The van der Waals surface area contributed by atoms with E-state index in [1.807, 2.05) is 63.2 Å². The Balaban J connectivity index is 1.65. The number of hydrazone groups is 1. The molecule has 0 aromatic heterocycles. The second-order valence-corrected chi connectivity index (χ2v) is 7.48. The lowest BCUT2D eigenvalue weighted by Gasteiger charge is -2.24. The summed E-state index contributed by atoms with van der Waals surface area (Å²) in [5, 5.41) is 7.94. The number of nitrogens with zero attached hydrogens (tertiary/aromatic N) is 2. The maximum atomic E-state index is 13.2. The fraction of sp³-hybridized carbons (Fsp3) is 0.348. The standard InChI is InChI=1S/C23H25N3O4/c1-4-23(18-9-7-6-8-10-18)21(27)26(22(28)25-23)24-14-17-13-20-16(11-15(3)30-20)12-19(17)29-5-2/h6-10,12-15H,4-5,11H2,1-3H3,(H,25,28)/b24-14-/t15-,23-/m0/s1. The number of fused-ring (bicyclic) bond motifs is 1. The molecular weight excluding hydrogens is 382 g/mol. The molecule has 2 aliphatic heterocycles. The summed E-state index contributed by atoms with van der Waals surface area (Å²) in [7, 11) is 0. The summed E-state index contributed by atoms with van der Waals surface area (Å²) in [5.41, 5.74) is 1.35. The van der Waals surface area contributed by atoms with E-state index < -0.39 is 17.5 Å². The molecule has 0 aliphatic carbocycles. The lowest BCUT2D eigenvalue weighted by atomic mass is 9.87. The Morgan fingerprint density at radius 1 is 1.27 bits per heavy atom. The van der Waals surface area contributed by atoms with Crippen LogP contribution in [0.1, 0.15) is 43.9 Å². The molecule has 2 heterocycles. The third-order valence-corrected chi connectivity index (χ3v) is 5.51. The number of carbonyl (C=O) groups is 2. The first-order valence-corrected chi connectivity index (χ1v) is 10.2. The number of amides is 3. The zero-order valence-electron chi connectivity index (χ0n) is 17.3. The molecule has 7 heteroatoms. The molecule has 1 saturated heterocycles. The number of nitrogens with one attached hydrogen (secondary N) is 1. The maximum Gasteiger partial charge on any atom is 0.346 e. The van der Waals surface area contributed by atoms with E-state index in [9.17, 15) is 9.59 Å². The Morgan fingerprint density at radius 2 is 2.03 bits per heavy atom. The van der Waals surface area contributed by atoms with Crippen molar-refractivity contribution in [1.82, 2.24) is 10.3 Å². The van der Waals surface area contributed by atoms with Crippen LogP contribution in [0.4, 0.5) is 4.79 Å². The molecule has 3 amide bonds. The first-order chi connectivity index (χ1) is 14.5. The van der Waals surface area contributed by atoms with Crippen LogP contribution >= 0.6 is 0 Å². The van der Waals surface area contributed by atoms with Gasteiger partial charge >= 0.3 is 6.03 Å². The second-order valence-electron chi connectivity index (χ2n) is 7.48. The van der Waals surface area contributed by atoms with E-state index in [0.717, 1.165) is 28.3 Å². The van der Waals surface area contributed by atoms with Crippen LogP contribution in [0.15, 0.2) is 47.6 Å². The molecule has 2 aromatic carbocycles. The highest BCUT2D eigenvalue weighted by Crippen LogP contribution is 2.35. The smallest absolute Gasteiger partial charge is 0.346 e. The number of imide groups is 1. The van der Waals surface area contributed by atoms with Crippen molar-refractivity contribution in [3.8, 4) is 11.5 Å². The van der Waals surface area contributed by atoms with Crippen molar-refractivity contribution in [2.24, 2.45) is 5.10 Å². The van der Waals surface area contributed by atoms with Crippen molar-refractivity contribution in [1.29, 1.82) is 0 Å². The number of urea groups is 1. The summed E-state index contributed by atoms with van der Waals surface area (Å²) in [6.07, 6.45) is 2.81. The van der Waals surface area contributed by atoms with E-state index in [0.29, 0.717) is 24.3 Å². The van der Waals surface area contributed by atoms with Gasteiger partial charge in [-0.05, 0) is 38.0 Å². The summed E-state index contributed by atoms with van der Waals surface area (Å²) in [6, 6.07) is 12.5. The zero-order valence-corrected chi connectivity index (χ0v) is 17.3. The number of ether oxygens (including phenoxy) is 2. The van der Waals surface area contributed by atoms with Gasteiger partial charge < -0.3 is 14.8 Å². The molecule has 2 aromatic rings. The summed E-state index contributed by atoms with van der Waals surface area (Å²) in [4.78, 5) is 25.8. The topological polar surface area (TPSA) is 80.2 Å². The van der Waals surface area contributed by atoms with Crippen LogP contribution in [-0.2, 0) is 16.8 Å². The molecule has 30 heavy (non-hydrogen) atoms. The van der Waals surface area contributed by atoms with Gasteiger partial charge in [0.15, 0.2) is 0 Å².